The van der Waals surface area contributed by atoms with Crippen LogP contribution in [0.4, 0.5) is 5.69 Å². The summed E-state index contributed by atoms with van der Waals surface area (Å²) in [7, 11) is 0. The van der Waals surface area contributed by atoms with Crippen LogP contribution in [0.15, 0.2) is 35.1 Å². The third-order valence-corrected chi connectivity index (χ3v) is 4.41. The Morgan fingerprint density at radius 2 is 1.95 bits per heavy atom. The molecule has 0 spiro atoms. The Hall–Kier alpha value is -0.770. The van der Waals surface area contributed by atoms with Crippen LogP contribution >= 0.6 is 39.1 Å². The number of hydrogen-bond donors (Lipinski definition) is 1. The number of aromatic nitrogens is 1. The van der Waals surface area contributed by atoms with Gasteiger partial charge in [-0.25, -0.2) is 4.98 Å². The molecule has 19 heavy (non-hydrogen) atoms. The first-order valence-corrected chi connectivity index (χ1v) is 7.36. The average Bonchev–Trinajstić information content (AvgIpc) is 2.37. The lowest BCUT2D eigenvalue weighted by Gasteiger charge is -2.16. The second-order valence-corrected chi connectivity index (χ2v) is 5.94. The SMILES string of the molecule is Cc1cc(NC(C)c2ccc(Cl)c(Cl)c2)cnc1Br. The predicted molar refractivity (Wildman–Crippen MR) is 85.2 cm³/mol. The van der Waals surface area contributed by atoms with E-state index < -0.39 is 0 Å². The Morgan fingerprint density at radius 3 is 2.58 bits per heavy atom. The number of halogens is 3. The second kappa shape index (κ2) is 6.12. The summed E-state index contributed by atoms with van der Waals surface area (Å²) in [6.45, 7) is 4.07. The van der Waals surface area contributed by atoms with Gasteiger partial charge in [-0.15, -0.1) is 0 Å². The Bertz CT molecular complexity index is 602. The first-order chi connectivity index (χ1) is 8.97. The Kier molecular flexibility index (Phi) is 4.71. The van der Waals surface area contributed by atoms with Gasteiger partial charge in [0.05, 0.1) is 21.9 Å². The van der Waals surface area contributed by atoms with E-state index in [1.54, 1.807) is 6.20 Å². The molecule has 0 aliphatic rings. The van der Waals surface area contributed by atoms with Crippen molar-refractivity contribution in [3.8, 4) is 0 Å². The summed E-state index contributed by atoms with van der Waals surface area (Å²) in [6, 6.07) is 7.82. The van der Waals surface area contributed by atoms with Gasteiger partial charge >= 0.3 is 0 Å². The molecule has 0 aliphatic carbocycles. The van der Waals surface area contributed by atoms with Crippen molar-refractivity contribution in [2.75, 3.05) is 5.32 Å². The summed E-state index contributed by atoms with van der Waals surface area (Å²) in [5.41, 5.74) is 3.14. The molecule has 1 heterocycles. The quantitative estimate of drug-likeness (QED) is 0.718. The molecule has 2 rings (SSSR count). The lowest BCUT2D eigenvalue weighted by Crippen LogP contribution is -2.07. The van der Waals surface area contributed by atoms with Crippen molar-refractivity contribution in [2.24, 2.45) is 0 Å². The topological polar surface area (TPSA) is 24.9 Å². The van der Waals surface area contributed by atoms with Crippen LogP contribution in [0.5, 0.6) is 0 Å². The molecule has 1 unspecified atom stereocenters. The minimum absolute atomic E-state index is 0.122. The van der Waals surface area contributed by atoms with Crippen molar-refractivity contribution in [2.45, 2.75) is 19.9 Å². The molecule has 0 fully saturated rings. The zero-order valence-corrected chi connectivity index (χ0v) is 13.6. The first-order valence-electron chi connectivity index (χ1n) is 5.81. The largest absolute Gasteiger partial charge is 0.377 e. The van der Waals surface area contributed by atoms with Crippen LogP contribution < -0.4 is 5.32 Å². The molecular weight excluding hydrogens is 347 g/mol. The monoisotopic (exact) mass is 358 g/mol. The fraction of sp³-hybridized carbons (Fsp3) is 0.214. The van der Waals surface area contributed by atoms with Crippen molar-refractivity contribution in [3.63, 3.8) is 0 Å². The van der Waals surface area contributed by atoms with Crippen LogP contribution in [0.3, 0.4) is 0 Å². The van der Waals surface area contributed by atoms with Crippen LogP contribution in [0.25, 0.3) is 0 Å². The molecule has 2 aromatic rings. The van der Waals surface area contributed by atoms with Gasteiger partial charge in [0.15, 0.2) is 0 Å². The summed E-state index contributed by atoms with van der Waals surface area (Å²) in [5.74, 6) is 0. The van der Waals surface area contributed by atoms with E-state index in [0.29, 0.717) is 10.0 Å². The Morgan fingerprint density at radius 1 is 1.21 bits per heavy atom. The highest BCUT2D eigenvalue weighted by atomic mass is 79.9. The molecule has 0 saturated carbocycles. The Labute approximate surface area is 131 Å². The summed E-state index contributed by atoms with van der Waals surface area (Å²) in [6.07, 6.45) is 1.80. The van der Waals surface area contributed by atoms with E-state index in [1.807, 2.05) is 31.2 Å². The number of hydrogen-bond acceptors (Lipinski definition) is 2. The normalized spacial score (nSPS) is 12.3. The number of anilines is 1. The van der Waals surface area contributed by atoms with E-state index in [2.05, 4.69) is 33.2 Å². The standard InChI is InChI=1S/C14H13BrCl2N2/c1-8-5-11(7-18-14(8)15)19-9(2)10-3-4-12(16)13(17)6-10/h3-7,9,19H,1-2H3. The van der Waals surface area contributed by atoms with Gasteiger partial charge in [-0.2, -0.15) is 0 Å². The predicted octanol–water partition coefficient (Wildman–Crippen LogP) is 5.63. The average molecular weight is 360 g/mol. The number of aryl methyl sites for hydroxylation is 1. The van der Waals surface area contributed by atoms with E-state index in [9.17, 15) is 0 Å². The highest BCUT2D eigenvalue weighted by Gasteiger charge is 2.08. The molecule has 2 nitrogen and oxygen atoms in total. The molecule has 1 atom stereocenters. The van der Waals surface area contributed by atoms with Crippen LogP contribution in [0.2, 0.25) is 10.0 Å². The zero-order valence-electron chi connectivity index (χ0n) is 10.5. The summed E-state index contributed by atoms with van der Waals surface area (Å²) in [5, 5.41) is 4.52. The third kappa shape index (κ3) is 3.62. The minimum Gasteiger partial charge on any atom is -0.377 e. The molecule has 1 aromatic heterocycles. The first kappa shape index (κ1) is 14.6. The number of pyridine rings is 1. The van der Waals surface area contributed by atoms with Crippen LogP contribution in [-0.2, 0) is 0 Å². The molecule has 100 valence electrons. The van der Waals surface area contributed by atoms with E-state index >= 15 is 0 Å². The van der Waals surface area contributed by atoms with Gasteiger partial charge in [-0.3, -0.25) is 0 Å². The van der Waals surface area contributed by atoms with Crippen LogP contribution in [0, 0.1) is 6.92 Å². The van der Waals surface area contributed by atoms with Gasteiger partial charge in [0.2, 0.25) is 0 Å². The Balaban J connectivity index is 2.17. The number of nitrogens with one attached hydrogen (secondary N) is 1. The van der Waals surface area contributed by atoms with Crippen LogP contribution in [-0.4, -0.2) is 4.98 Å². The summed E-state index contributed by atoms with van der Waals surface area (Å²) >= 11 is 15.3. The van der Waals surface area contributed by atoms with Crippen molar-refractivity contribution < 1.29 is 0 Å². The maximum Gasteiger partial charge on any atom is 0.109 e. The molecule has 1 N–H and O–H groups in total. The molecule has 0 bridgehead atoms. The maximum absolute atomic E-state index is 6.03. The van der Waals surface area contributed by atoms with Gasteiger partial charge in [0, 0.05) is 6.04 Å². The zero-order chi connectivity index (χ0) is 14.0. The lowest BCUT2D eigenvalue weighted by molar-refractivity contribution is 0.882. The van der Waals surface area contributed by atoms with Gasteiger partial charge in [-0.05, 0) is 59.1 Å². The molecule has 0 amide bonds. The molecule has 5 heteroatoms. The van der Waals surface area contributed by atoms with Gasteiger partial charge < -0.3 is 5.32 Å². The van der Waals surface area contributed by atoms with E-state index in [1.165, 1.54) is 0 Å². The van der Waals surface area contributed by atoms with Crippen molar-refractivity contribution in [1.29, 1.82) is 0 Å². The number of benzene rings is 1. The van der Waals surface area contributed by atoms with Crippen molar-refractivity contribution >= 4 is 44.8 Å². The lowest BCUT2D eigenvalue weighted by atomic mass is 10.1. The maximum atomic E-state index is 6.03. The molecular formula is C14H13BrCl2N2. The number of rotatable bonds is 3. The minimum atomic E-state index is 0.122. The molecule has 0 aliphatic heterocycles. The summed E-state index contributed by atoms with van der Waals surface area (Å²) in [4.78, 5) is 4.26. The fourth-order valence-corrected chi connectivity index (χ4v) is 2.28. The van der Waals surface area contributed by atoms with Gasteiger partial charge in [-0.1, -0.05) is 29.3 Å². The van der Waals surface area contributed by atoms with E-state index in [-0.39, 0.29) is 6.04 Å². The second-order valence-electron chi connectivity index (χ2n) is 4.37. The molecule has 1 aromatic carbocycles. The fourth-order valence-electron chi connectivity index (χ4n) is 1.75. The van der Waals surface area contributed by atoms with Crippen LogP contribution in [0.1, 0.15) is 24.1 Å². The third-order valence-electron chi connectivity index (χ3n) is 2.84. The number of nitrogens with zero attached hydrogens (tertiary/aromatic N) is 1. The molecule has 0 radical (unpaired) electrons. The molecule has 0 saturated heterocycles. The van der Waals surface area contributed by atoms with E-state index in [0.717, 1.165) is 21.4 Å². The van der Waals surface area contributed by atoms with Crippen molar-refractivity contribution in [3.05, 3.63) is 56.2 Å². The van der Waals surface area contributed by atoms with Crippen molar-refractivity contribution in [1.82, 2.24) is 4.98 Å². The van der Waals surface area contributed by atoms with Gasteiger partial charge in [0.25, 0.3) is 0 Å². The van der Waals surface area contributed by atoms with E-state index in [4.69, 9.17) is 23.2 Å². The van der Waals surface area contributed by atoms with Gasteiger partial charge in [0.1, 0.15) is 4.60 Å². The highest BCUT2D eigenvalue weighted by Crippen LogP contribution is 2.27. The summed E-state index contributed by atoms with van der Waals surface area (Å²) < 4.78 is 0.861. The highest BCUT2D eigenvalue weighted by molar-refractivity contribution is 9.10. The smallest absolute Gasteiger partial charge is 0.109 e.